The van der Waals surface area contributed by atoms with Crippen LogP contribution in [0.2, 0.25) is 0 Å². The van der Waals surface area contributed by atoms with Crippen LogP contribution in [0.15, 0.2) is 0 Å². The van der Waals surface area contributed by atoms with Gasteiger partial charge in [-0.05, 0) is 38.0 Å². The van der Waals surface area contributed by atoms with Gasteiger partial charge in [-0.3, -0.25) is 4.79 Å². The third-order valence-corrected chi connectivity index (χ3v) is 4.29. The van der Waals surface area contributed by atoms with Crippen molar-refractivity contribution in [1.82, 2.24) is 5.32 Å². The van der Waals surface area contributed by atoms with Crippen molar-refractivity contribution in [1.29, 1.82) is 0 Å². The normalized spacial score (nSPS) is 33.5. The predicted octanol–water partition coefficient (Wildman–Crippen LogP) is 1.42. The van der Waals surface area contributed by atoms with Gasteiger partial charge in [0.05, 0.1) is 5.54 Å². The molecule has 2 rings (SSSR count). The smallest absolute Gasteiger partial charge is 0.223 e. The quantitative estimate of drug-likeness (QED) is 0.740. The zero-order valence-corrected chi connectivity index (χ0v) is 9.59. The van der Waals surface area contributed by atoms with Gasteiger partial charge >= 0.3 is 0 Å². The van der Waals surface area contributed by atoms with Crippen molar-refractivity contribution in [2.24, 2.45) is 17.6 Å². The molecule has 15 heavy (non-hydrogen) atoms. The van der Waals surface area contributed by atoms with Gasteiger partial charge in [-0.2, -0.15) is 0 Å². The topological polar surface area (TPSA) is 55.1 Å². The lowest BCUT2D eigenvalue weighted by atomic mass is 9.76. The molecule has 2 aliphatic rings. The molecule has 86 valence electrons. The average Bonchev–Trinajstić information content (AvgIpc) is 2.58. The average molecular weight is 210 g/mol. The molecular formula is C12H22N2O. The molecule has 2 aliphatic carbocycles. The van der Waals surface area contributed by atoms with Crippen LogP contribution < -0.4 is 11.1 Å². The molecule has 2 saturated carbocycles. The number of carbonyl (C=O) groups excluding carboxylic acids is 1. The molecular weight excluding hydrogens is 188 g/mol. The zero-order valence-electron chi connectivity index (χ0n) is 9.59. The van der Waals surface area contributed by atoms with Crippen molar-refractivity contribution < 1.29 is 4.79 Å². The lowest BCUT2D eigenvalue weighted by Gasteiger charge is -2.42. The molecule has 2 unspecified atom stereocenters. The molecule has 0 radical (unpaired) electrons. The number of hydrogen-bond donors (Lipinski definition) is 2. The van der Waals surface area contributed by atoms with Gasteiger partial charge in [0, 0.05) is 12.5 Å². The van der Waals surface area contributed by atoms with Crippen LogP contribution in [-0.2, 0) is 4.79 Å². The Hall–Kier alpha value is -0.570. The summed E-state index contributed by atoms with van der Waals surface area (Å²) in [6, 6.07) is 0. The molecule has 2 atom stereocenters. The van der Waals surface area contributed by atoms with E-state index in [0.717, 1.165) is 19.3 Å². The Morgan fingerprint density at radius 3 is 2.53 bits per heavy atom. The van der Waals surface area contributed by atoms with Crippen LogP contribution in [0, 0.1) is 11.8 Å². The summed E-state index contributed by atoms with van der Waals surface area (Å²) < 4.78 is 0. The Bertz CT molecular complexity index is 242. The van der Waals surface area contributed by atoms with Gasteiger partial charge in [0.2, 0.25) is 5.91 Å². The minimum absolute atomic E-state index is 0.0423. The van der Waals surface area contributed by atoms with E-state index in [0.29, 0.717) is 12.5 Å². The summed E-state index contributed by atoms with van der Waals surface area (Å²) in [5.74, 6) is 1.05. The number of nitrogens with one attached hydrogen (secondary N) is 1. The summed E-state index contributed by atoms with van der Waals surface area (Å²) in [5.41, 5.74) is 5.69. The Morgan fingerprint density at radius 2 is 2.13 bits per heavy atom. The van der Waals surface area contributed by atoms with Crippen molar-refractivity contribution in [2.75, 3.05) is 6.54 Å². The first-order chi connectivity index (χ1) is 7.17. The molecule has 2 fully saturated rings. The van der Waals surface area contributed by atoms with Gasteiger partial charge in [0.1, 0.15) is 0 Å². The summed E-state index contributed by atoms with van der Waals surface area (Å²) in [5, 5.41) is 3.19. The predicted molar refractivity (Wildman–Crippen MR) is 60.3 cm³/mol. The summed E-state index contributed by atoms with van der Waals surface area (Å²) in [7, 11) is 0. The number of carbonyl (C=O) groups is 1. The molecule has 0 bridgehead atoms. The van der Waals surface area contributed by atoms with Crippen molar-refractivity contribution in [3.63, 3.8) is 0 Å². The Labute approximate surface area is 91.8 Å². The third-order valence-electron chi connectivity index (χ3n) is 4.29. The van der Waals surface area contributed by atoms with Crippen molar-refractivity contribution in [2.45, 2.75) is 51.0 Å². The van der Waals surface area contributed by atoms with Crippen LogP contribution in [0.4, 0.5) is 0 Å². The zero-order chi connectivity index (χ0) is 10.9. The SMILES string of the molecule is CC1CCCC1C(=O)NC1(CN)CCC1. The summed E-state index contributed by atoms with van der Waals surface area (Å²) >= 11 is 0. The van der Waals surface area contributed by atoms with E-state index in [1.54, 1.807) is 0 Å². The highest BCUT2D eigenvalue weighted by Gasteiger charge is 2.40. The number of amides is 1. The maximum atomic E-state index is 12.1. The van der Waals surface area contributed by atoms with E-state index < -0.39 is 0 Å². The van der Waals surface area contributed by atoms with Crippen LogP contribution in [-0.4, -0.2) is 18.0 Å². The lowest BCUT2D eigenvalue weighted by molar-refractivity contribution is -0.128. The molecule has 0 aromatic rings. The second kappa shape index (κ2) is 4.12. The van der Waals surface area contributed by atoms with Crippen LogP contribution in [0.3, 0.4) is 0 Å². The highest BCUT2D eigenvalue weighted by Crippen LogP contribution is 2.35. The first-order valence-corrected chi connectivity index (χ1v) is 6.19. The molecule has 3 nitrogen and oxygen atoms in total. The third kappa shape index (κ3) is 2.03. The van der Waals surface area contributed by atoms with Crippen LogP contribution in [0.1, 0.15) is 45.4 Å². The van der Waals surface area contributed by atoms with E-state index >= 15 is 0 Å². The van der Waals surface area contributed by atoms with Gasteiger partial charge in [-0.1, -0.05) is 13.3 Å². The molecule has 0 heterocycles. The minimum atomic E-state index is -0.0423. The highest BCUT2D eigenvalue weighted by atomic mass is 16.2. The van der Waals surface area contributed by atoms with Gasteiger partial charge in [-0.25, -0.2) is 0 Å². The summed E-state index contributed by atoms with van der Waals surface area (Å²) in [6.45, 7) is 2.78. The van der Waals surface area contributed by atoms with E-state index in [9.17, 15) is 4.79 Å². The first-order valence-electron chi connectivity index (χ1n) is 6.19. The highest BCUT2D eigenvalue weighted by molar-refractivity contribution is 5.80. The van der Waals surface area contributed by atoms with E-state index in [1.807, 2.05) is 0 Å². The molecule has 0 aliphatic heterocycles. The lowest BCUT2D eigenvalue weighted by Crippen LogP contribution is -2.59. The van der Waals surface area contributed by atoms with Gasteiger partial charge in [0.25, 0.3) is 0 Å². The van der Waals surface area contributed by atoms with Gasteiger partial charge in [0.15, 0.2) is 0 Å². The van der Waals surface area contributed by atoms with E-state index in [1.165, 1.54) is 19.3 Å². The molecule has 0 aromatic heterocycles. The molecule has 1 amide bonds. The van der Waals surface area contributed by atoms with Gasteiger partial charge in [-0.15, -0.1) is 0 Å². The van der Waals surface area contributed by atoms with Crippen LogP contribution >= 0.6 is 0 Å². The molecule has 0 aromatic carbocycles. The Kier molecular flexibility index (Phi) is 3.01. The van der Waals surface area contributed by atoms with Gasteiger partial charge < -0.3 is 11.1 Å². The fourth-order valence-electron chi connectivity index (χ4n) is 2.87. The number of rotatable bonds is 3. The van der Waals surface area contributed by atoms with Crippen molar-refractivity contribution >= 4 is 5.91 Å². The number of nitrogens with two attached hydrogens (primary N) is 1. The van der Waals surface area contributed by atoms with E-state index in [4.69, 9.17) is 5.73 Å². The number of hydrogen-bond acceptors (Lipinski definition) is 2. The Morgan fingerprint density at radius 1 is 1.40 bits per heavy atom. The van der Waals surface area contributed by atoms with Crippen molar-refractivity contribution in [3.05, 3.63) is 0 Å². The van der Waals surface area contributed by atoms with E-state index in [-0.39, 0.29) is 17.4 Å². The maximum Gasteiger partial charge on any atom is 0.223 e. The van der Waals surface area contributed by atoms with Crippen LogP contribution in [0.25, 0.3) is 0 Å². The fourth-order valence-corrected chi connectivity index (χ4v) is 2.87. The molecule has 3 heteroatoms. The molecule has 0 spiro atoms. The second-order valence-corrected chi connectivity index (χ2v) is 5.34. The standard InChI is InChI=1S/C12H22N2O/c1-9-4-2-5-10(9)11(15)14-12(8-13)6-3-7-12/h9-10H,2-8,13H2,1H3,(H,14,15). The monoisotopic (exact) mass is 210 g/mol. The first kappa shape index (κ1) is 10.9. The van der Waals surface area contributed by atoms with Crippen LogP contribution in [0.5, 0.6) is 0 Å². The second-order valence-electron chi connectivity index (χ2n) is 5.34. The fraction of sp³-hybridized carbons (Fsp3) is 0.917. The molecule has 3 N–H and O–H groups in total. The largest absolute Gasteiger partial charge is 0.349 e. The Balaban J connectivity index is 1.91. The summed E-state index contributed by atoms with van der Waals surface area (Å²) in [6.07, 6.45) is 6.81. The summed E-state index contributed by atoms with van der Waals surface area (Å²) in [4.78, 5) is 12.1. The van der Waals surface area contributed by atoms with Crippen molar-refractivity contribution in [3.8, 4) is 0 Å². The maximum absolute atomic E-state index is 12.1. The molecule has 0 saturated heterocycles. The van der Waals surface area contributed by atoms with E-state index in [2.05, 4.69) is 12.2 Å². The minimum Gasteiger partial charge on any atom is -0.349 e.